The summed E-state index contributed by atoms with van der Waals surface area (Å²) in [5.74, 6) is -1.17. The summed E-state index contributed by atoms with van der Waals surface area (Å²) in [7, 11) is 0. The molecule has 1 aliphatic rings. The highest BCUT2D eigenvalue weighted by molar-refractivity contribution is 7.81. The number of benzene rings is 1. The summed E-state index contributed by atoms with van der Waals surface area (Å²) >= 11 is 4.30. The quantitative estimate of drug-likeness (QED) is 0.615. The van der Waals surface area contributed by atoms with Gasteiger partial charge in [0, 0.05) is 17.5 Å². The molecule has 1 aromatic carbocycles. The lowest BCUT2D eigenvalue weighted by molar-refractivity contribution is -0.117. The molecule has 1 amide bonds. The predicted octanol–water partition coefficient (Wildman–Crippen LogP) is 0.984. The second kappa shape index (κ2) is 5.41. The van der Waals surface area contributed by atoms with Gasteiger partial charge in [0.2, 0.25) is 5.91 Å². The first-order chi connectivity index (χ1) is 8.56. The predicted molar refractivity (Wildman–Crippen MR) is 71.2 cm³/mol. The number of anilines is 1. The van der Waals surface area contributed by atoms with Gasteiger partial charge in [0.25, 0.3) is 0 Å². The number of thiol groups is 1. The Morgan fingerprint density at radius 1 is 1.44 bits per heavy atom. The van der Waals surface area contributed by atoms with Crippen molar-refractivity contribution in [3.8, 4) is 0 Å². The standard InChI is InChI=1S/C12H14N2O3S/c15-11(10-5-9(18)6-13-10)14-8-3-1-2-7(4-8)12(16)17/h1-4,9-10,13,18H,5-6H2,(H,14,15)(H,16,17)/t9?,10-/m0/s1. The van der Waals surface area contributed by atoms with E-state index in [0.29, 0.717) is 18.7 Å². The van der Waals surface area contributed by atoms with E-state index in [2.05, 4.69) is 23.3 Å². The molecule has 1 unspecified atom stereocenters. The Hall–Kier alpha value is -1.53. The van der Waals surface area contributed by atoms with E-state index >= 15 is 0 Å². The maximum absolute atomic E-state index is 11.9. The van der Waals surface area contributed by atoms with Crippen LogP contribution in [0.3, 0.4) is 0 Å². The first-order valence-electron chi connectivity index (χ1n) is 5.62. The molecule has 1 heterocycles. The molecule has 1 aromatic rings. The average Bonchev–Trinajstić information content (AvgIpc) is 2.76. The molecule has 5 nitrogen and oxygen atoms in total. The average molecular weight is 266 g/mol. The molecule has 0 radical (unpaired) electrons. The van der Waals surface area contributed by atoms with E-state index in [4.69, 9.17) is 5.11 Å². The number of carbonyl (C=O) groups is 2. The minimum absolute atomic E-state index is 0.152. The highest BCUT2D eigenvalue weighted by Gasteiger charge is 2.27. The van der Waals surface area contributed by atoms with Gasteiger partial charge in [-0.3, -0.25) is 4.79 Å². The molecule has 0 saturated carbocycles. The summed E-state index contributed by atoms with van der Waals surface area (Å²) in [5.41, 5.74) is 0.642. The summed E-state index contributed by atoms with van der Waals surface area (Å²) in [4.78, 5) is 22.7. The number of rotatable bonds is 3. The number of aromatic carboxylic acids is 1. The molecule has 2 atom stereocenters. The molecule has 0 aromatic heterocycles. The van der Waals surface area contributed by atoms with Gasteiger partial charge in [-0.25, -0.2) is 4.79 Å². The van der Waals surface area contributed by atoms with Gasteiger partial charge in [0.05, 0.1) is 11.6 Å². The van der Waals surface area contributed by atoms with Crippen LogP contribution in [0.1, 0.15) is 16.8 Å². The van der Waals surface area contributed by atoms with Crippen LogP contribution in [-0.2, 0) is 4.79 Å². The normalized spacial score (nSPS) is 22.7. The number of nitrogens with one attached hydrogen (secondary N) is 2. The Bertz CT molecular complexity index is 478. The number of hydrogen-bond acceptors (Lipinski definition) is 4. The van der Waals surface area contributed by atoms with Gasteiger partial charge in [0.15, 0.2) is 0 Å². The van der Waals surface area contributed by atoms with Crippen LogP contribution < -0.4 is 10.6 Å². The molecular formula is C12H14N2O3S. The number of amides is 1. The summed E-state index contributed by atoms with van der Waals surface area (Å²) < 4.78 is 0. The van der Waals surface area contributed by atoms with E-state index < -0.39 is 5.97 Å². The van der Waals surface area contributed by atoms with Gasteiger partial charge in [-0.1, -0.05) is 6.07 Å². The van der Waals surface area contributed by atoms with E-state index in [1.165, 1.54) is 12.1 Å². The lowest BCUT2D eigenvalue weighted by atomic mass is 10.2. The minimum atomic E-state index is -1.01. The van der Waals surface area contributed by atoms with Crippen LogP contribution in [0.25, 0.3) is 0 Å². The van der Waals surface area contributed by atoms with Gasteiger partial charge < -0.3 is 15.7 Å². The lowest BCUT2D eigenvalue weighted by Gasteiger charge is -2.11. The molecule has 3 N–H and O–H groups in total. The third kappa shape index (κ3) is 3.02. The smallest absolute Gasteiger partial charge is 0.335 e. The van der Waals surface area contributed by atoms with Crippen molar-refractivity contribution in [3.63, 3.8) is 0 Å². The zero-order chi connectivity index (χ0) is 13.1. The van der Waals surface area contributed by atoms with E-state index in [9.17, 15) is 9.59 Å². The fourth-order valence-electron chi connectivity index (χ4n) is 1.88. The van der Waals surface area contributed by atoms with E-state index in [-0.39, 0.29) is 22.8 Å². The zero-order valence-electron chi connectivity index (χ0n) is 9.59. The van der Waals surface area contributed by atoms with Crippen molar-refractivity contribution < 1.29 is 14.7 Å². The highest BCUT2D eigenvalue weighted by atomic mass is 32.1. The Balaban J connectivity index is 2.03. The van der Waals surface area contributed by atoms with Gasteiger partial charge in [-0.05, 0) is 24.6 Å². The molecule has 2 rings (SSSR count). The van der Waals surface area contributed by atoms with Crippen molar-refractivity contribution >= 4 is 30.2 Å². The third-order valence-corrected chi connectivity index (χ3v) is 3.19. The Morgan fingerprint density at radius 2 is 2.22 bits per heavy atom. The summed E-state index contributed by atoms with van der Waals surface area (Å²) in [5, 5.41) is 14.8. The lowest BCUT2D eigenvalue weighted by Crippen LogP contribution is -2.35. The minimum Gasteiger partial charge on any atom is -0.478 e. The van der Waals surface area contributed by atoms with Crippen LogP contribution in [-0.4, -0.2) is 34.8 Å². The van der Waals surface area contributed by atoms with Crippen LogP contribution in [0.2, 0.25) is 0 Å². The summed E-state index contributed by atoms with van der Waals surface area (Å²) in [6.07, 6.45) is 0.674. The maximum atomic E-state index is 11.9. The summed E-state index contributed by atoms with van der Waals surface area (Å²) in [6, 6.07) is 5.92. The van der Waals surface area contributed by atoms with Crippen molar-refractivity contribution in [2.24, 2.45) is 0 Å². The fourth-order valence-corrected chi connectivity index (χ4v) is 2.19. The van der Waals surface area contributed by atoms with Crippen LogP contribution in [0.5, 0.6) is 0 Å². The Morgan fingerprint density at radius 3 is 2.83 bits per heavy atom. The second-order valence-electron chi connectivity index (χ2n) is 4.23. The first kappa shape index (κ1) is 12.9. The highest BCUT2D eigenvalue weighted by Crippen LogP contribution is 2.15. The Labute approximate surface area is 110 Å². The molecule has 1 aliphatic heterocycles. The van der Waals surface area contributed by atoms with Gasteiger partial charge in [0.1, 0.15) is 0 Å². The van der Waals surface area contributed by atoms with Crippen LogP contribution >= 0.6 is 12.6 Å². The molecule has 0 aliphatic carbocycles. The largest absolute Gasteiger partial charge is 0.478 e. The van der Waals surface area contributed by atoms with Gasteiger partial charge in [-0.2, -0.15) is 12.6 Å². The third-order valence-electron chi connectivity index (χ3n) is 2.80. The molecule has 1 fully saturated rings. The van der Waals surface area contributed by atoms with Crippen molar-refractivity contribution in [2.45, 2.75) is 17.7 Å². The van der Waals surface area contributed by atoms with E-state index in [1.807, 2.05) is 0 Å². The van der Waals surface area contributed by atoms with E-state index in [1.54, 1.807) is 12.1 Å². The van der Waals surface area contributed by atoms with Crippen LogP contribution in [0, 0.1) is 0 Å². The molecule has 18 heavy (non-hydrogen) atoms. The maximum Gasteiger partial charge on any atom is 0.335 e. The monoisotopic (exact) mass is 266 g/mol. The molecule has 1 saturated heterocycles. The molecule has 0 bridgehead atoms. The SMILES string of the molecule is O=C(O)c1cccc(NC(=O)[C@@H]2CC(S)CN2)c1. The zero-order valence-corrected chi connectivity index (χ0v) is 10.5. The number of carboxylic acid groups (broad SMARTS) is 1. The van der Waals surface area contributed by atoms with Crippen molar-refractivity contribution in [2.75, 3.05) is 11.9 Å². The molecule has 96 valence electrons. The Kier molecular flexibility index (Phi) is 3.88. The molecule has 6 heteroatoms. The van der Waals surface area contributed by atoms with Gasteiger partial charge >= 0.3 is 5.97 Å². The van der Waals surface area contributed by atoms with E-state index in [0.717, 1.165) is 0 Å². The number of carboxylic acids is 1. The topological polar surface area (TPSA) is 78.4 Å². The summed E-state index contributed by atoms with van der Waals surface area (Å²) in [6.45, 7) is 0.705. The van der Waals surface area contributed by atoms with Crippen molar-refractivity contribution in [3.05, 3.63) is 29.8 Å². The second-order valence-corrected chi connectivity index (χ2v) is 4.96. The van der Waals surface area contributed by atoms with Crippen molar-refractivity contribution in [1.82, 2.24) is 5.32 Å². The van der Waals surface area contributed by atoms with Crippen LogP contribution in [0.4, 0.5) is 5.69 Å². The molecule has 0 spiro atoms. The number of hydrogen-bond donors (Lipinski definition) is 4. The number of carbonyl (C=O) groups excluding carboxylic acids is 1. The first-order valence-corrected chi connectivity index (χ1v) is 6.13. The molecular weight excluding hydrogens is 252 g/mol. The van der Waals surface area contributed by atoms with Crippen molar-refractivity contribution in [1.29, 1.82) is 0 Å². The van der Waals surface area contributed by atoms with Gasteiger partial charge in [-0.15, -0.1) is 0 Å². The fraction of sp³-hybridized carbons (Fsp3) is 0.333. The van der Waals surface area contributed by atoms with Crippen LogP contribution in [0.15, 0.2) is 24.3 Å².